The summed E-state index contributed by atoms with van der Waals surface area (Å²) in [6, 6.07) is -0.0659. The second-order valence-electron chi connectivity index (χ2n) is 14.2. The Labute approximate surface area is 267 Å². The van der Waals surface area contributed by atoms with Crippen LogP contribution in [0, 0.1) is 23.7 Å². The van der Waals surface area contributed by atoms with Gasteiger partial charge in [-0.3, -0.25) is 19.2 Å². The van der Waals surface area contributed by atoms with Gasteiger partial charge in [0.2, 0.25) is 15.7 Å². The van der Waals surface area contributed by atoms with Gasteiger partial charge in [0.05, 0.1) is 24.3 Å². The lowest BCUT2D eigenvalue weighted by Crippen LogP contribution is -2.47. The van der Waals surface area contributed by atoms with Gasteiger partial charge >= 0.3 is 0 Å². The van der Waals surface area contributed by atoms with Crippen LogP contribution >= 0.6 is 0 Å². The molecule has 44 heavy (non-hydrogen) atoms. The third-order valence-corrected chi connectivity index (χ3v) is 10.0. The first-order chi connectivity index (χ1) is 20.3. The molecular formula is C34H52B2N2O6. The average Bonchev–Trinajstić information content (AvgIpc) is 3.59. The van der Waals surface area contributed by atoms with Crippen LogP contribution in [0.4, 0.5) is 9.59 Å². The summed E-state index contributed by atoms with van der Waals surface area (Å²) in [5.41, 5.74) is 1.14. The summed E-state index contributed by atoms with van der Waals surface area (Å²) >= 11 is 0. The highest BCUT2D eigenvalue weighted by Crippen LogP contribution is 2.42. The van der Waals surface area contributed by atoms with Crippen LogP contribution in [0.2, 0.25) is 0 Å². The summed E-state index contributed by atoms with van der Waals surface area (Å²) in [7, 11) is 11.1. The number of carbonyl (C=O) groups excluding carboxylic acids is 4. The van der Waals surface area contributed by atoms with E-state index in [4.69, 9.17) is 25.2 Å². The van der Waals surface area contributed by atoms with Crippen LogP contribution in [0.5, 0.6) is 0 Å². The lowest BCUT2D eigenvalue weighted by molar-refractivity contribution is -0.123. The van der Waals surface area contributed by atoms with E-state index in [0.717, 1.165) is 38.5 Å². The monoisotopic (exact) mass is 606 g/mol. The molecule has 0 aromatic heterocycles. The van der Waals surface area contributed by atoms with Gasteiger partial charge in [-0.1, -0.05) is 37.1 Å². The molecule has 0 aromatic carbocycles. The van der Waals surface area contributed by atoms with Gasteiger partial charge in [-0.05, 0) is 106 Å². The molecule has 4 rings (SSSR count). The normalized spacial score (nSPS) is 33.9. The number of rotatable bonds is 8. The van der Waals surface area contributed by atoms with Crippen LogP contribution in [0.25, 0.3) is 0 Å². The van der Waals surface area contributed by atoms with Crippen LogP contribution in [-0.4, -0.2) is 84.4 Å². The van der Waals surface area contributed by atoms with E-state index < -0.39 is 23.1 Å². The van der Waals surface area contributed by atoms with E-state index in [2.05, 4.69) is 26.0 Å². The Bertz CT molecular complexity index is 1090. The molecule has 2 aliphatic heterocycles. The first kappa shape index (κ1) is 36.3. The number of carbonyl (C=O) groups is 4. The van der Waals surface area contributed by atoms with E-state index in [1.54, 1.807) is 23.6 Å². The average molecular weight is 606 g/mol. The molecule has 240 valence electrons. The number of allylic oxidation sites excluding steroid dienone is 4. The largest absolute Gasteiger partial charge is 0.351 e. The molecule has 2 heterocycles. The molecule has 2 fully saturated rings. The van der Waals surface area contributed by atoms with Gasteiger partial charge in [-0.15, -0.1) is 0 Å². The summed E-state index contributed by atoms with van der Waals surface area (Å²) in [6.07, 6.45) is 9.00. The molecule has 8 nitrogen and oxygen atoms in total. The Morgan fingerprint density at radius 2 is 1.05 bits per heavy atom. The molecule has 2 amide bonds. The summed E-state index contributed by atoms with van der Waals surface area (Å²) in [4.78, 5) is 50.6. The molecular weight excluding hydrogens is 554 g/mol. The van der Waals surface area contributed by atoms with Gasteiger partial charge in [-0.2, -0.15) is 0 Å². The summed E-state index contributed by atoms with van der Waals surface area (Å²) in [5.74, 6) is 0.0607. The first-order valence-corrected chi connectivity index (χ1v) is 16.2. The van der Waals surface area contributed by atoms with Crippen molar-refractivity contribution < 1.29 is 28.7 Å². The van der Waals surface area contributed by atoms with Crippen LogP contribution in [0.3, 0.4) is 0 Å². The minimum absolute atomic E-state index is 0.0329. The molecule has 4 unspecified atom stereocenters. The fourth-order valence-electron chi connectivity index (χ4n) is 8.29. The highest BCUT2D eigenvalue weighted by Gasteiger charge is 2.50. The smallest absolute Gasteiger partial charge is 0.200 e. The maximum Gasteiger partial charge on any atom is 0.200 e. The fourth-order valence-corrected chi connectivity index (χ4v) is 8.29. The highest BCUT2D eigenvalue weighted by atomic mass is 16.5. The van der Waals surface area contributed by atoms with Crippen molar-refractivity contribution in [2.75, 3.05) is 0 Å². The molecule has 10 heteroatoms. The van der Waals surface area contributed by atoms with Crippen LogP contribution in [0.1, 0.15) is 108 Å². The Balaban J connectivity index is 0.000000240. The number of Topliss-reactive ketones (excluding diaryl/α,β-unsaturated/α-hetero) is 2. The number of hydrogen-bond acceptors (Lipinski definition) is 6. The number of ether oxygens (including phenoxy) is 2. The molecule has 0 aromatic rings. The van der Waals surface area contributed by atoms with Crippen molar-refractivity contribution in [3.05, 3.63) is 23.3 Å². The van der Waals surface area contributed by atoms with Gasteiger partial charge in [0.15, 0.2) is 11.6 Å². The van der Waals surface area contributed by atoms with Crippen molar-refractivity contribution in [3.8, 4) is 0 Å². The van der Waals surface area contributed by atoms with E-state index in [1.165, 1.54) is 11.1 Å². The lowest BCUT2D eigenvalue weighted by Gasteiger charge is -2.33. The third kappa shape index (κ3) is 7.78. The van der Waals surface area contributed by atoms with E-state index in [-0.39, 0.29) is 59.5 Å². The standard InChI is InChI=1S/2C17H26BNO3/c2*1-6-14-15(22-17(4,5)19(14)16(18)21)9-12-7-10(2)8-13(12)11(3)20/h2*7,12-15H,6,8-9H2,1-5H3/t2*12?,13?,14-,15+/m00/s1. The van der Waals surface area contributed by atoms with Gasteiger partial charge in [-0.25, -0.2) is 0 Å². The molecule has 0 N–H and O–H groups in total. The summed E-state index contributed by atoms with van der Waals surface area (Å²) in [6.45, 7) is 19.0. The SMILES string of the molecule is [B]C(=O)N1[C@@H](CC)[C@@H](CC2C=C(C)CC2C(C)=O)OC1(C)C.[B]C(=O)N1[C@@H](CC)[C@@H](CC2C=C(C)CC2C(C)=O)OC1(C)C. The molecule has 2 aliphatic carbocycles. The van der Waals surface area contributed by atoms with E-state index >= 15 is 0 Å². The maximum atomic E-state index is 11.9. The van der Waals surface area contributed by atoms with Gasteiger partial charge in [0, 0.05) is 11.8 Å². The Kier molecular flexibility index (Phi) is 11.6. The number of hydrogen-bond donors (Lipinski definition) is 0. The van der Waals surface area contributed by atoms with E-state index in [0.29, 0.717) is 0 Å². The molecule has 0 saturated carbocycles. The number of amides is 2. The predicted octanol–water partition coefficient (Wildman–Crippen LogP) is 6.10. The molecule has 0 bridgehead atoms. The second kappa shape index (κ2) is 14.1. The molecule has 2 saturated heterocycles. The quantitative estimate of drug-likeness (QED) is 0.245. The van der Waals surface area contributed by atoms with Gasteiger partial charge in [0.1, 0.15) is 23.0 Å². The van der Waals surface area contributed by atoms with Crippen LogP contribution < -0.4 is 0 Å². The Hall–Kier alpha value is -2.19. The minimum atomic E-state index is -0.694. The topological polar surface area (TPSA) is 93.2 Å². The van der Waals surface area contributed by atoms with Crippen molar-refractivity contribution in [1.29, 1.82) is 0 Å². The number of ketones is 2. The van der Waals surface area contributed by atoms with Gasteiger partial charge in [0.25, 0.3) is 0 Å². The van der Waals surface area contributed by atoms with Crippen molar-refractivity contribution in [2.45, 2.75) is 144 Å². The third-order valence-electron chi connectivity index (χ3n) is 10.0. The first-order valence-electron chi connectivity index (χ1n) is 16.2. The zero-order valence-corrected chi connectivity index (χ0v) is 28.5. The Morgan fingerprint density at radius 1 is 0.727 bits per heavy atom. The van der Waals surface area contributed by atoms with Crippen molar-refractivity contribution >= 4 is 38.9 Å². The molecule has 4 aliphatic rings. The fraction of sp³-hybridized carbons (Fsp3) is 0.765. The molecule has 0 spiro atoms. The summed E-state index contributed by atoms with van der Waals surface area (Å²) < 4.78 is 12.3. The van der Waals surface area contributed by atoms with E-state index in [9.17, 15) is 19.2 Å². The van der Waals surface area contributed by atoms with Gasteiger partial charge < -0.3 is 19.3 Å². The lowest BCUT2D eigenvalue weighted by atomic mass is 9.85. The number of nitrogens with zero attached hydrogens (tertiary/aromatic N) is 2. The molecule has 8 atom stereocenters. The predicted molar refractivity (Wildman–Crippen MR) is 173 cm³/mol. The highest BCUT2D eigenvalue weighted by molar-refractivity contribution is 6.57. The van der Waals surface area contributed by atoms with E-state index in [1.807, 2.05) is 41.5 Å². The zero-order chi connectivity index (χ0) is 33.3. The molecule has 4 radical (unpaired) electrons. The minimum Gasteiger partial charge on any atom is -0.351 e. The zero-order valence-electron chi connectivity index (χ0n) is 28.5. The van der Waals surface area contributed by atoms with Crippen LogP contribution in [0.15, 0.2) is 23.3 Å². The Morgan fingerprint density at radius 3 is 1.30 bits per heavy atom. The van der Waals surface area contributed by atoms with Crippen LogP contribution in [-0.2, 0) is 19.1 Å². The van der Waals surface area contributed by atoms with Crippen molar-refractivity contribution in [1.82, 2.24) is 9.80 Å². The van der Waals surface area contributed by atoms with Crippen molar-refractivity contribution in [2.24, 2.45) is 23.7 Å². The second-order valence-corrected chi connectivity index (χ2v) is 14.2. The summed E-state index contributed by atoms with van der Waals surface area (Å²) in [5, 5.41) is 0. The maximum absolute atomic E-state index is 11.9. The van der Waals surface area contributed by atoms with Crippen molar-refractivity contribution in [3.63, 3.8) is 0 Å².